The molecule has 2 aromatic heterocycles. The number of hydrogen-bond donors (Lipinski definition) is 0. The summed E-state index contributed by atoms with van der Waals surface area (Å²) in [4.78, 5) is 20.9. The lowest BCUT2D eigenvalue weighted by Crippen LogP contribution is -2.23. The van der Waals surface area contributed by atoms with Crippen molar-refractivity contribution >= 4 is 34.2 Å². The van der Waals surface area contributed by atoms with Crippen LogP contribution in [0.1, 0.15) is 36.9 Å². The number of halogens is 5. The van der Waals surface area contributed by atoms with Crippen LogP contribution >= 0.6 is 34.2 Å². The summed E-state index contributed by atoms with van der Waals surface area (Å²) in [5.74, 6) is 0.390. The molecule has 1 atom stereocenters. The molecule has 1 unspecified atom stereocenters. The number of nitrogens with zero attached hydrogens (tertiary/aromatic N) is 3. The third kappa shape index (κ3) is 5.45. The zero-order valence-electron chi connectivity index (χ0n) is 16.6. The Labute approximate surface area is 195 Å². The van der Waals surface area contributed by atoms with E-state index in [0.717, 1.165) is 17.7 Å². The smallest absolute Gasteiger partial charge is 0.366 e. The predicted octanol–water partition coefficient (Wildman–Crippen LogP) is 5.88. The lowest BCUT2D eigenvalue weighted by molar-refractivity contribution is -0.137. The van der Waals surface area contributed by atoms with E-state index in [1.54, 1.807) is 22.9 Å². The van der Waals surface area contributed by atoms with E-state index in [-0.39, 0.29) is 23.8 Å². The fourth-order valence-electron chi connectivity index (χ4n) is 3.02. The van der Waals surface area contributed by atoms with Gasteiger partial charge in [0.2, 0.25) is 0 Å². The van der Waals surface area contributed by atoms with Crippen LogP contribution < -0.4 is 5.56 Å². The Hall–Kier alpha value is -1.98. The highest BCUT2D eigenvalue weighted by Crippen LogP contribution is 2.32. The first-order chi connectivity index (χ1) is 14.6. The first-order valence-electron chi connectivity index (χ1n) is 9.31. The van der Waals surface area contributed by atoms with Crippen LogP contribution in [0.4, 0.5) is 13.2 Å². The zero-order valence-corrected chi connectivity index (χ0v) is 19.5. The molecule has 164 valence electrons. The fourth-order valence-corrected chi connectivity index (χ4v) is 4.29. The van der Waals surface area contributed by atoms with Crippen molar-refractivity contribution in [2.45, 2.75) is 39.3 Å². The normalized spacial score (nSPS) is 12.7. The Kier molecular flexibility index (Phi) is 7.38. The van der Waals surface area contributed by atoms with Crippen LogP contribution in [0.25, 0.3) is 11.1 Å². The van der Waals surface area contributed by atoms with Crippen molar-refractivity contribution in [3.05, 3.63) is 78.8 Å². The van der Waals surface area contributed by atoms with Crippen LogP contribution in [0.15, 0.2) is 47.4 Å². The molecule has 0 aliphatic heterocycles. The maximum absolute atomic E-state index is 13.1. The van der Waals surface area contributed by atoms with Crippen molar-refractivity contribution in [2.75, 3.05) is 0 Å². The lowest BCUT2D eigenvalue weighted by Gasteiger charge is -2.19. The van der Waals surface area contributed by atoms with Gasteiger partial charge in [-0.05, 0) is 65.8 Å². The maximum Gasteiger partial charge on any atom is 0.416 e. The molecule has 2 heterocycles. The number of alkyl halides is 3. The average molecular weight is 564 g/mol. The number of aromatic nitrogens is 3. The van der Waals surface area contributed by atoms with Gasteiger partial charge in [0.25, 0.3) is 5.56 Å². The third-order valence-electron chi connectivity index (χ3n) is 4.68. The zero-order chi connectivity index (χ0) is 22.8. The average Bonchev–Trinajstić information content (AvgIpc) is 2.72. The highest BCUT2D eigenvalue weighted by Gasteiger charge is 2.31. The summed E-state index contributed by atoms with van der Waals surface area (Å²) < 4.78 is 47.4. The molecule has 31 heavy (non-hydrogen) atoms. The Morgan fingerprint density at radius 3 is 2.61 bits per heavy atom. The Balaban J connectivity index is 1.93. The molecular weight excluding hydrogens is 546 g/mol. The van der Waals surface area contributed by atoms with E-state index < -0.39 is 17.3 Å². The predicted molar refractivity (Wildman–Crippen MR) is 120 cm³/mol. The Morgan fingerprint density at radius 2 is 2.00 bits per heavy atom. The Morgan fingerprint density at radius 1 is 1.26 bits per heavy atom. The molecule has 0 radical (unpaired) electrons. The second-order valence-electron chi connectivity index (χ2n) is 6.69. The second kappa shape index (κ2) is 9.66. The van der Waals surface area contributed by atoms with Gasteiger partial charge in [0, 0.05) is 12.7 Å². The molecule has 0 aliphatic carbocycles. The first kappa shape index (κ1) is 23.7. The lowest BCUT2D eigenvalue weighted by atomic mass is 10.1. The summed E-state index contributed by atoms with van der Waals surface area (Å²) in [5.41, 5.74) is -0.307. The summed E-state index contributed by atoms with van der Waals surface area (Å²) in [6.07, 6.45) is -3.22. The summed E-state index contributed by atoms with van der Waals surface area (Å²) in [5, 5.41) is 0.372. The monoisotopic (exact) mass is 563 g/mol. The van der Waals surface area contributed by atoms with Crippen LogP contribution in [0.5, 0.6) is 0 Å². The molecule has 5 nitrogen and oxygen atoms in total. The highest BCUT2D eigenvalue weighted by atomic mass is 127. The standard InChI is InChI=1S/C21H18ClF3IN3O2/c1-3-29-17(11-31-12(2)14-7-8-16(22)27-10-14)28-20(30)18(19(29)26)13-5-4-6-15(9-13)21(23,24)25/h4-10,12H,3,11H2,1-2H3. The molecule has 0 fully saturated rings. The van der Waals surface area contributed by atoms with Crippen molar-refractivity contribution in [3.63, 3.8) is 0 Å². The van der Waals surface area contributed by atoms with Crippen molar-refractivity contribution in [1.82, 2.24) is 14.5 Å². The van der Waals surface area contributed by atoms with Gasteiger partial charge in [-0.2, -0.15) is 18.2 Å². The molecule has 1 aromatic carbocycles. The van der Waals surface area contributed by atoms with Gasteiger partial charge in [-0.1, -0.05) is 29.8 Å². The fraction of sp³-hybridized carbons (Fsp3) is 0.286. The molecule has 0 aliphatic rings. The summed E-state index contributed by atoms with van der Waals surface area (Å²) in [6.45, 7) is 4.21. The molecule has 0 saturated heterocycles. The van der Waals surface area contributed by atoms with Gasteiger partial charge < -0.3 is 9.30 Å². The molecule has 3 rings (SSSR count). The molecular formula is C21H18ClF3IN3O2. The summed E-state index contributed by atoms with van der Waals surface area (Å²) in [6, 6.07) is 8.14. The van der Waals surface area contributed by atoms with Crippen molar-refractivity contribution < 1.29 is 17.9 Å². The second-order valence-corrected chi connectivity index (χ2v) is 8.10. The van der Waals surface area contributed by atoms with Crippen molar-refractivity contribution in [3.8, 4) is 11.1 Å². The van der Waals surface area contributed by atoms with Gasteiger partial charge in [-0.25, -0.2) is 4.98 Å². The van der Waals surface area contributed by atoms with Gasteiger partial charge in [-0.15, -0.1) is 0 Å². The maximum atomic E-state index is 13.1. The quantitative estimate of drug-likeness (QED) is 0.214. The first-order valence-corrected chi connectivity index (χ1v) is 10.8. The molecule has 0 amide bonds. The van der Waals surface area contributed by atoms with Crippen LogP contribution in [0.3, 0.4) is 0 Å². The Bertz CT molecular complexity index is 1130. The van der Waals surface area contributed by atoms with Gasteiger partial charge >= 0.3 is 6.18 Å². The minimum absolute atomic E-state index is 0.0474. The molecule has 0 bridgehead atoms. The van der Waals surface area contributed by atoms with E-state index in [0.29, 0.717) is 21.2 Å². The topological polar surface area (TPSA) is 57.0 Å². The largest absolute Gasteiger partial charge is 0.416 e. The third-order valence-corrected chi connectivity index (χ3v) is 6.02. The molecule has 3 aromatic rings. The van der Waals surface area contributed by atoms with E-state index >= 15 is 0 Å². The van der Waals surface area contributed by atoms with Crippen LogP contribution in [-0.2, 0) is 24.1 Å². The van der Waals surface area contributed by atoms with Crippen molar-refractivity contribution in [1.29, 1.82) is 0 Å². The van der Waals surface area contributed by atoms with Gasteiger partial charge in [0.15, 0.2) is 0 Å². The van der Waals surface area contributed by atoms with E-state index in [2.05, 4.69) is 9.97 Å². The number of benzene rings is 1. The number of pyridine rings is 1. The van der Waals surface area contributed by atoms with Crippen molar-refractivity contribution in [2.24, 2.45) is 0 Å². The van der Waals surface area contributed by atoms with E-state index in [1.807, 2.05) is 36.4 Å². The van der Waals surface area contributed by atoms with E-state index in [4.69, 9.17) is 16.3 Å². The molecule has 10 heteroatoms. The number of rotatable bonds is 6. The van der Waals surface area contributed by atoms with Crippen LogP contribution in [0.2, 0.25) is 5.15 Å². The van der Waals surface area contributed by atoms with E-state index in [1.165, 1.54) is 12.1 Å². The summed E-state index contributed by atoms with van der Waals surface area (Å²) in [7, 11) is 0. The molecule has 0 N–H and O–H groups in total. The van der Waals surface area contributed by atoms with Gasteiger partial charge in [0.05, 0.1) is 20.9 Å². The van der Waals surface area contributed by atoms with Crippen LogP contribution in [0, 0.1) is 3.70 Å². The molecule has 0 spiro atoms. The highest BCUT2D eigenvalue weighted by molar-refractivity contribution is 14.1. The molecule has 0 saturated carbocycles. The minimum Gasteiger partial charge on any atom is -0.366 e. The minimum atomic E-state index is -4.50. The number of ether oxygens (including phenoxy) is 1. The van der Waals surface area contributed by atoms with Gasteiger partial charge in [-0.3, -0.25) is 4.79 Å². The summed E-state index contributed by atoms with van der Waals surface area (Å²) >= 11 is 7.76. The number of hydrogen-bond acceptors (Lipinski definition) is 4. The SMILES string of the molecule is CCn1c(COC(C)c2ccc(Cl)nc2)nc(=O)c(-c2cccc(C(F)(F)F)c2)c1I. The van der Waals surface area contributed by atoms with E-state index in [9.17, 15) is 18.0 Å². The van der Waals surface area contributed by atoms with Gasteiger partial charge in [0.1, 0.15) is 17.6 Å². The van der Waals surface area contributed by atoms with Crippen LogP contribution in [-0.4, -0.2) is 14.5 Å².